The lowest BCUT2D eigenvalue weighted by molar-refractivity contribution is -0.130. The molecule has 1 heterocycles. The average molecular weight is 323 g/mol. The van der Waals surface area contributed by atoms with E-state index in [4.69, 9.17) is 5.26 Å². The largest absolute Gasteiger partial charge is 0.368 e. The summed E-state index contributed by atoms with van der Waals surface area (Å²) >= 11 is 0. The summed E-state index contributed by atoms with van der Waals surface area (Å²) < 4.78 is 13.7. The number of nitrogens with zero attached hydrogens (tertiary/aromatic N) is 3. The minimum Gasteiger partial charge on any atom is -0.368 e. The van der Waals surface area contributed by atoms with Gasteiger partial charge in [-0.05, 0) is 29.8 Å². The predicted octanol–water partition coefficient (Wildman–Crippen LogP) is 2.59. The van der Waals surface area contributed by atoms with Gasteiger partial charge in [0.1, 0.15) is 5.82 Å². The first kappa shape index (κ1) is 16.0. The number of amides is 1. The summed E-state index contributed by atoms with van der Waals surface area (Å²) in [7, 11) is 0. The van der Waals surface area contributed by atoms with Crippen molar-refractivity contribution in [3.05, 3.63) is 65.5 Å². The Morgan fingerprint density at radius 1 is 1.08 bits per heavy atom. The van der Waals surface area contributed by atoms with Crippen LogP contribution in [0.3, 0.4) is 0 Å². The summed E-state index contributed by atoms with van der Waals surface area (Å²) in [6.07, 6.45) is 0.0938. The topological polar surface area (TPSA) is 47.3 Å². The molecule has 0 spiro atoms. The summed E-state index contributed by atoms with van der Waals surface area (Å²) in [6, 6.07) is 16.0. The number of hydrogen-bond donors (Lipinski definition) is 0. The lowest BCUT2D eigenvalue weighted by Gasteiger charge is -2.36. The second-order valence-corrected chi connectivity index (χ2v) is 5.80. The third-order valence-corrected chi connectivity index (χ3v) is 4.27. The van der Waals surface area contributed by atoms with Crippen LogP contribution in [0.1, 0.15) is 11.1 Å². The van der Waals surface area contributed by atoms with Gasteiger partial charge in [-0.1, -0.05) is 24.3 Å². The molecule has 4 nitrogen and oxygen atoms in total. The highest BCUT2D eigenvalue weighted by Crippen LogP contribution is 2.18. The lowest BCUT2D eigenvalue weighted by Crippen LogP contribution is -2.49. The fraction of sp³-hybridized carbons (Fsp3) is 0.263. The van der Waals surface area contributed by atoms with Gasteiger partial charge in [0, 0.05) is 31.9 Å². The van der Waals surface area contributed by atoms with Crippen LogP contribution in [0.4, 0.5) is 10.1 Å². The number of carbonyl (C=O) groups excluding carboxylic acids is 1. The van der Waals surface area contributed by atoms with Gasteiger partial charge in [0.25, 0.3) is 0 Å². The molecule has 1 saturated heterocycles. The van der Waals surface area contributed by atoms with E-state index in [0.717, 1.165) is 5.69 Å². The number of benzene rings is 2. The van der Waals surface area contributed by atoms with Gasteiger partial charge in [-0.2, -0.15) is 5.26 Å². The van der Waals surface area contributed by atoms with Gasteiger partial charge in [0.05, 0.1) is 18.1 Å². The van der Waals surface area contributed by atoms with Crippen molar-refractivity contribution in [2.24, 2.45) is 0 Å². The highest BCUT2D eigenvalue weighted by atomic mass is 19.1. The Morgan fingerprint density at radius 3 is 2.54 bits per heavy atom. The first-order chi connectivity index (χ1) is 11.7. The Balaban J connectivity index is 1.59. The standard InChI is InChI=1S/C19H18FN3O/c20-18-7-2-1-5-16(18)13-19(24)23-10-8-22(9-11-23)17-6-3-4-15(12-17)14-21/h1-7,12H,8-11,13H2. The molecule has 0 aliphatic carbocycles. The van der Waals surface area contributed by atoms with Crippen molar-refractivity contribution < 1.29 is 9.18 Å². The molecule has 3 rings (SSSR count). The zero-order valence-electron chi connectivity index (χ0n) is 13.3. The Labute approximate surface area is 140 Å². The van der Waals surface area contributed by atoms with Gasteiger partial charge in [-0.15, -0.1) is 0 Å². The van der Waals surface area contributed by atoms with E-state index in [0.29, 0.717) is 37.3 Å². The number of anilines is 1. The van der Waals surface area contributed by atoms with Crippen LogP contribution < -0.4 is 4.90 Å². The molecular formula is C19H18FN3O. The molecule has 0 atom stereocenters. The SMILES string of the molecule is N#Cc1cccc(N2CCN(C(=O)Cc3ccccc3F)CC2)c1. The van der Waals surface area contributed by atoms with Crippen LogP contribution in [0.5, 0.6) is 0 Å². The number of rotatable bonds is 3. The van der Waals surface area contributed by atoms with Crippen LogP contribution in [0, 0.1) is 17.1 Å². The first-order valence-electron chi connectivity index (χ1n) is 7.93. The van der Waals surface area contributed by atoms with Gasteiger partial charge >= 0.3 is 0 Å². The third-order valence-electron chi connectivity index (χ3n) is 4.27. The number of piperazine rings is 1. The molecule has 1 fully saturated rings. The van der Waals surface area contributed by atoms with E-state index in [9.17, 15) is 9.18 Å². The predicted molar refractivity (Wildman–Crippen MR) is 90.1 cm³/mol. The molecule has 0 bridgehead atoms. The molecule has 1 aliphatic rings. The molecule has 0 aromatic heterocycles. The van der Waals surface area contributed by atoms with E-state index in [1.807, 2.05) is 18.2 Å². The fourth-order valence-electron chi connectivity index (χ4n) is 2.90. The monoisotopic (exact) mass is 323 g/mol. The van der Waals surface area contributed by atoms with Crippen molar-refractivity contribution in [3.63, 3.8) is 0 Å². The van der Waals surface area contributed by atoms with E-state index >= 15 is 0 Å². The van der Waals surface area contributed by atoms with E-state index < -0.39 is 0 Å². The molecule has 0 saturated carbocycles. The van der Waals surface area contributed by atoms with Crippen molar-refractivity contribution in [2.45, 2.75) is 6.42 Å². The number of halogens is 1. The molecule has 5 heteroatoms. The van der Waals surface area contributed by atoms with Gasteiger partial charge in [0.15, 0.2) is 0 Å². The quantitative estimate of drug-likeness (QED) is 0.872. The van der Waals surface area contributed by atoms with Crippen LogP contribution in [0.15, 0.2) is 48.5 Å². The van der Waals surface area contributed by atoms with Crippen molar-refractivity contribution in [1.82, 2.24) is 4.90 Å². The Morgan fingerprint density at radius 2 is 1.83 bits per heavy atom. The minimum absolute atomic E-state index is 0.0504. The van der Waals surface area contributed by atoms with Crippen molar-refractivity contribution in [3.8, 4) is 6.07 Å². The number of hydrogen-bond acceptors (Lipinski definition) is 3. The molecular weight excluding hydrogens is 305 g/mol. The summed E-state index contributed by atoms with van der Waals surface area (Å²) in [4.78, 5) is 16.3. The Bertz CT molecular complexity index is 776. The zero-order chi connectivity index (χ0) is 16.9. The van der Waals surface area contributed by atoms with E-state index in [2.05, 4.69) is 11.0 Å². The molecule has 0 N–H and O–H groups in total. The normalized spacial score (nSPS) is 14.3. The number of carbonyl (C=O) groups is 1. The summed E-state index contributed by atoms with van der Waals surface area (Å²) in [5, 5.41) is 8.99. The third kappa shape index (κ3) is 3.54. The fourth-order valence-corrected chi connectivity index (χ4v) is 2.90. The molecule has 1 aliphatic heterocycles. The van der Waals surface area contributed by atoms with Gasteiger partial charge in [0.2, 0.25) is 5.91 Å². The number of nitriles is 1. The molecule has 0 radical (unpaired) electrons. The van der Waals surface area contributed by atoms with Crippen molar-refractivity contribution >= 4 is 11.6 Å². The molecule has 2 aromatic carbocycles. The summed E-state index contributed by atoms with van der Waals surface area (Å²) in [5.74, 6) is -0.386. The first-order valence-corrected chi connectivity index (χ1v) is 7.93. The maximum absolute atomic E-state index is 13.7. The minimum atomic E-state index is -0.335. The van der Waals surface area contributed by atoms with Gasteiger partial charge in [-0.25, -0.2) is 4.39 Å². The summed E-state index contributed by atoms with van der Waals surface area (Å²) in [6.45, 7) is 2.62. The second kappa shape index (κ2) is 7.14. The van der Waals surface area contributed by atoms with Gasteiger partial charge in [-0.3, -0.25) is 4.79 Å². The van der Waals surface area contributed by atoms with Crippen LogP contribution >= 0.6 is 0 Å². The second-order valence-electron chi connectivity index (χ2n) is 5.80. The maximum atomic E-state index is 13.7. The lowest BCUT2D eigenvalue weighted by atomic mass is 10.1. The maximum Gasteiger partial charge on any atom is 0.227 e. The molecule has 24 heavy (non-hydrogen) atoms. The Hall–Kier alpha value is -2.87. The smallest absolute Gasteiger partial charge is 0.227 e. The van der Waals surface area contributed by atoms with Crippen molar-refractivity contribution in [1.29, 1.82) is 5.26 Å². The van der Waals surface area contributed by atoms with Crippen LogP contribution in [-0.2, 0) is 11.2 Å². The van der Waals surface area contributed by atoms with E-state index in [1.54, 1.807) is 29.2 Å². The van der Waals surface area contributed by atoms with Gasteiger partial charge < -0.3 is 9.80 Å². The molecule has 2 aromatic rings. The van der Waals surface area contributed by atoms with Crippen molar-refractivity contribution in [2.75, 3.05) is 31.1 Å². The molecule has 0 unspecified atom stereocenters. The Kier molecular flexibility index (Phi) is 4.76. The molecule has 122 valence electrons. The average Bonchev–Trinajstić information content (AvgIpc) is 2.64. The molecule has 1 amide bonds. The zero-order valence-corrected chi connectivity index (χ0v) is 13.3. The van der Waals surface area contributed by atoms with Crippen LogP contribution in [0.2, 0.25) is 0 Å². The highest BCUT2D eigenvalue weighted by molar-refractivity contribution is 5.79. The van der Waals surface area contributed by atoms with E-state index in [1.165, 1.54) is 6.07 Å². The summed E-state index contributed by atoms with van der Waals surface area (Å²) in [5.41, 5.74) is 2.06. The highest BCUT2D eigenvalue weighted by Gasteiger charge is 2.22. The van der Waals surface area contributed by atoms with E-state index in [-0.39, 0.29) is 18.1 Å². The van der Waals surface area contributed by atoms with Crippen LogP contribution in [0.25, 0.3) is 0 Å². The van der Waals surface area contributed by atoms with Crippen LogP contribution in [-0.4, -0.2) is 37.0 Å².